The summed E-state index contributed by atoms with van der Waals surface area (Å²) in [6.45, 7) is 1.46. The number of aliphatic hydroxyl groups is 4. The number of aromatic hydroxyl groups is 1. The molecule has 2 amide bonds. The van der Waals surface area contributed by atoms with Gasteiger partial charge in [-0.15, -0.1) is 0 Å². The van der Waals surface area contributed by atoms with Gasteiger partial charge in [-0.3, -0.25) is 24.1 Å². The second kappa shape index (κ2) is 9.36. The van der Waals surface area contributed by atoms with Crippen LogP contribution in [0, 0.1) is 11.8 Å². The second-order valence-corrected chi connectivity index (χ2v) is 10.6. The van der Waals surface area contributed by atoms with Crippen LogP contribution >= 0.6 is 0 Å². The summed E-state index contributed by atoms with van der Waals surface area (Å²) in [6.07, 6.45) is -1.67. The number of aliphatic hydroxyl groups excluding tert-OH is 3. The number of nitrogens with zero attached hydrogens (tertiary/aromatic N) is 2. The molecule has 0 heterocycles. The number of amides is 2. The van der Waals surface area contributed by atoms with Crippen molar-refractivity contribution in [3.8, 4) is 5.75 Å². The molecule has 0 aromatic heterocycles. The Labute approximate surface area is 223 Å². The summed E-state index contributed by atoms with van der Waals surface area (Å²) in [5, 5.41) is 59.4. The number of anilines is 1. The fraction of sp³-hybridized carbons (Fsp3) is 0.462. The quantitative estimate of drug-likeness (QED) is 0.176. The first-order valence-electron chi connectivity index (χ1n) is 12.2. The van der Waals surface area contributed by atoms with Crippen LogP contribution in [0.4, 0.5) is 5.69 Å². The lowest BCUT2D eigenvalue weighted by Crippen LogP contribution is -2.70. The molecule has 4 rings (SSSR count). The maximum atomic E-state index is 14.0. The molecule has 13 heteroatoms. The molecule has 8 N–H and O–H groups in total. The van der Waals surface area contributed by atoms with Gasteiger partial charge in [-0.2, -0.15) is 0 Å². The maximum Gasteiger partial charge on any atom is 0.255 e. The molecule has 0 radical (unpaired) electrons. The van der Waals surface area contributed by atoms with Crippen molar-refractivity contribution >= 4 is 34.8 Å². The number of hydrogen-bond acceptors (Lipinski definition) is 11. The minimum absolute atomic E-state index is 0.0804. The SMILES string of the molecule is C[C@@H]1c2ccc(NCC(=O)N(C)C)c(O)c2C(O)=C2C(=O)[C@@]3(O)C(O)=C(C(N)=O)C(=O)[C@@H](N(C)C)[C@H]3[C@H](O)[C@H]21. The lowest BCUT2D eigenvalue weighted by atomic mass is 9.54. The molecular weight excluding hydrogens is 512 g/mol. The molecule has 6 atom stereocenters. The van der Waals surface area contributed by atoms with Crippen molar-refractivity contribution < 1.29 is 44.7 Å². The van der Waals surface area contributed by atoms with Gasteiger partial charge in [0.2, 0.25) is 11.7 Å². The van der Waals surface area contributed by atoms with Gasteiger partial charge in [0.15, 0.2) is 11.4 Å². The van der Waals surface area contributed by atoms with Gasteiger partial charge < -0.3 is 41.5 Å². The zero-order chi connectivity index (χ0) is 29.3. The first kappa shape index (κ1) is 28.1. The van der Waals surface area contributed by atoms with E-state index in [1.54, 1.807) is 27.1 Å². The van der Waals surface area contributed by atoms with Crippen molar-refractivity contribution in [3.05, 3.63) is 40.2 Å². The van der Waals surface area contributed by atoms with E-state index in [0.29, 0.717) is 5.56 Å². The molecule has 0 spiro atoms. The number of phenolic OH excluding ortho intramolecular Hbond substituents is 1. The Morgan fingerprint density at radius 2 is 1.72 bits per heavy atom. The highest BCUT2D eigenvalue weighted by atomic mass is 16.4. The minimum Gasteiger partial charge on any atom is -0.508 e. The van der Waals surface area contributed by atoms with E-state index in [2.05, 4.69) is 5.32 Å². The number of nitrogens with one attached hydrogen (secondary N) is 1. The van der Waals surface area contributed by atoms with Crippen molar-refractivity contribution in [3.63, 3.8) is 0 Å². The lowest BCUT2D eigenvalue weighted by Gasteiger charge is -2.53. The molecule has 0 saturated heterocycles. The summed E-state index contributed by atoms with van der Waals surface area (Å²) in [6, 6.07) is 1.63. The van der Waals surface area contributed by atoms with Crippen molar-refractivity contribution in [1.29, 1.82) is 0 Å². The van der Waals surface area contributed by atoms with Crippen LogP contribution in [0.25, 0.3) is 5.76 Å². The van der Waals surface area contributed by atoms with Crippen LogP contribution in [0.3, 0.4) is 0 Å². The molecule has 0 aliphatic heterocycles. The van der Waals surface area contributed by atoms with Gasteiger partial charge in [0.25, 0.3) is 5.91 Å². The highest BCUT2D eigenvalue weighted by Crippen LogP contribution is 2.56. The fourth-order valence-corrected chi connectivity index (χ4v) is 6.09. The maximum absolute atomic E-state index is 14.0. The van der Waals surface area contributed by atoms with Crippen LogP contribution in [0.15, 0.2) is 29.0 Å². The summed E-state index contributed by atoms with van der Waals surface area (Å²) < 4.78 is 0. The highest BCUT2D eigenvalue weighted by Gasteiger charge is 2.68. The number of ketones is 2. The van der Waals surface area contributed by atoms with E-state index in [4.69, 9.17) is 5.73 Å². The Morgan fingerprint density at radius 3 is 2.26 bits per heavy atom. The predicted molar refractivity (Wildman–Crippen MR) is 138 cm³/mol. The third-order valence-electron chi connectivity index (χ3n) is 8.06. The van der Waals surface area contributed by atoms with E-state index in [-0.39, 0.29) is 23.7 Å². The zero-order valence-corrected chi connectivity index (χ0v) is 22.1. The summed E-state index contributed by atoms with van der Waals surface area (Å²) in [5.74, 6) is -9.90. The van der Waals surface area contributed by atoms with Crippen molar-refractivity contribution in [2.45, 2.75) is 30.6 Å². The monoisotopic (exact) mass is 544 g/mol. The summed E-state index contributed by atoms with van der Waals surface area (Å²) in [7, 11) is 5.99. The first-order chi connectivity index (χ1) is 18.1. The van der Waals surface area contributed by atoms with Gasteiger partial charge in [-0.05, 0) is 31.6 Å². The molecule has 1 aromatic rings. The Balaban J connectivity index is 1.94. The summed E-state index contributed by atoms with van der Waals surface area (Å²) >= 11 is 0. The number of hydrogen-bond donors (Lipinski definition) is 7. The number of carbonyl (C=O) groups excluding carboxylic acids is 4. The molecule has 1 aromatic carbocycles. The van der Waals surface area contributed by atoms with E-state index in [9.17, 15) is 44.7 Å². The molecule has 0 bridgehead atoms. The van der Waals surface area contributed by atoms with E-state index >= 15 is 0 Å². The first-order valence-corrected chi connectivity index (χ1v) is 12.2. The van der Waals surface area contributed by atoms with Crippen molar-refractivity contribution in [2.24, 2.45) is 17.6 Å². The minimum atomic E-state index is -2.98. The average molecular weight is 545 g/mol. The largest absolute Gasteiger partial charge is 0.508 e. The van der Waals surface area contributed by atoms with Gasteiger partial charge in [-0.1, -0.05) is 13.0 Å². The number of benzene rings is 1. The van der Waals surface area contributed by atoms with Gasteiger partial charge in [0.1, 0.15) is 22.8 Å². The number of fused-ring (bicyclic) bond motifs is 3. The lowest BCUT2D eigenvalue weighted by molar-refractivity contribution is -0.169. The predicted octanol–water partition coefficient (Wildman–Crippen LogP) is -1.00. The van der Waals surface area contributed by atoms with Gasteiger partial charge in [0, 0.05) is 25.6 Å². The normalized spacial score (nSPS) is 30.1. The molecule has 3 aliphatic carbocycles. The average Bonchev–Trinajstić information content (AvgIpc) is 2.84. The third kappa shape index (κ3) is 3.79. The summed E-state index contributed by atoms with van der Waals surface area (Å²) in [4.78, 5) is 53.9. The molecular formula is C26H32N4O9. The smallest absolute Gasteiger partial charge is 0.255 e. The van der Waals surface area contributed by atoms with Crippen LogP contribution in [-0.2, 0) is 19.2 Å². The highest BCUT2D eigenvalue weighted by molar-refractivity contribution is 6.24. The molecule has 1 saturated carbocycles. The van der Waals surface area contributed by atoms with Crippen molar-refractivity contribution in [2.75, 3.05) is 40.1 Å². The van der Waals surface area contributed by atoms with Crippen molar-refractivity contribution in [1.82, 2.24) is 9.80 Å². The van der Waals surface area contributed by atoms with Gasteiger partial charge in [0.05, 0.1) is 35.9 Å². The van der Waals surface area contributed by atoms with Crippen LogP contribution in [0.1, 0.15) is 24.0 Å². The zero-order valence-electron chi connectivity index (χ0n) is 22.1. The Bertz CT molecular complexity index is 1370. The number of likely N-dealkylation sites (N-methyl/N-ethyl adjacent to an activating group) is 2. The number of primary amides is 1. The topological polar surface area (TPSA) is 214 Å². The number of Topliss-reactive ketones (excluding diaryl/α,β-unsaturated/α-hetero) is 2. The summed E-state index contributed by atoms with van der Waals surface area (Å²) in [5.41, 5.74) is 1.15. The molecule has 3 aliphatic rings. The number of phenols is 1. The van der Waals surface area contributed by atoms with E-state index < -0.39 is 81.4 Å². The van der Waals surface area contributed by atoms with Crippen LogP contribution < -0.4 is 11.1 Å². The molecule has 13 nitrogen and oxygen atoms in total. The van der Waals surface area contributed by atoms with Crippen LogP contribution in [-0.4, -0.2) is 111 Å². The molecule has 39 heavy (non-hydrogen) atoms. The van der Waals surface area contributed by atoms with Gasteiger partial charge >= 0.3 is 0 Å². The number of carbonyl (C=O) groups is 4. The van der Waals surface area contributed by atoms with E-state index in [0.717, 1.165) is 0 Å². The Morgan fingerprint density at radius 1 is 1.10 bits per heavy atom. The molecule has 210 valence electrons. The van der Waals surface area contributed by atoms with E-state index in [1.165, 1.54) is 30.0 Å². The standard InChI is InChI=1S/C26H32N4O9/c1-9-10-6-7-11(28-8-12(31)29(2)3)19(32)14(10)20(33)15-13(9)21(34)17-18(30(4)5)22(35)16(25(27)38)24(37)26(17,39)23(15)36/h6-7,9,13,17-18,21,28,32-34,37,39H,8H2,1-5H3,(H2,27,38)/t9-,13+,17+,18+,21-,26-/m1/s1. The Hall–Kier alpha value is -3.94. The number of rotatable bonds is 5. The molecule has 1 fully saturated rings. The number of nitrogens with two attached hydrogens (primary N) is 1. The Kier molecular flexibility index (Phi) is 6.74. The van der Waals surface area contributed by atoms with Crippen LogP contribution in [0.2, 0.25) is 0 Å². The van der Waals surface area contributed by atoms with E-state index in [1.807, 2.05) is 0 Å². The fourth-order valence-electron chi connectivity index (χ4n) is 6.09. The van der Waals surface area contributed by atoms with Crippen LogP contribution in [0.5, 0.6) is 5.75 Å². The molecule has 0 unspecified atom stereocenters. The third-order valence-corrected chi connectivity index (χ3v) is 8.06. The van der Waals surface area contributed by atoms with Gasteiger partial charge in [-0.25, -0.2) is 0 Å². The second-order valence-electron chi connectivity index (χ2n) is 10.6.